The van der Waals surface area contributed by atoms with Gasteiger partial charge in [-0.25, -0.2) is 13.1 Å². The number of nitrogens with one attached hydrogen (secondary N) is 1. The number of aryl methyl sites for hydroxylation is 2. The summed E-state index contributed by atoms with van der Waals surface area (Å²) < 4.78 is 31.3. The minimum atomic E-state index is -3.23. The maximum absolute atomic E-state index is 12.2. The van der Waals surface area contributed by atoms with Crippen LogP contribution in [-0.4, -0.2) is 49.4 Å². The molecule has 0 aliphatic rings. The highest BCUT2D eigenvalue weighted by Crippen LogP contribution is 2.18. The number of ketones is 1. The van der Waals surface area contributed by atoms with Crippen molar-refractivity contribution in [3.8, 4) is 0 Å². The van der Waals surface area contributed by atoms with Crippen molar-refractivity contribution in [2.24, 2.45) is 7.05 Å². The number of thiophene rings is 1. The Kier molecular flexibility index (Phi) is 6.90. The maximum atomic E-state index is 12.2. The third-order valence-electron chi connectivity index (χ3n) is 4.02. The smallest absolute Gasteiger partial charge is 0.310 e. The highest BCUT2D eigenvalue weighted by Gasteiger charge is 2.17. The molecule has 0 fully saturated rings. The molecule has 2 aromatic rings. The number of esters is 1. The lowest BCUT2D eigenvalue weighted by atomic mass is 10.1. The molecule has 0 atom stereocenters. The van der Waals surface area contributed by atoms with Crippen LogP contribution in [0.4, 0.5) is 0 Å². The fourth-order valence-corrected chi connectivity index (χ4v) is 3.91. The third-order valence-corrected chi connectivity index (χ3v) is 5.93. The van der Waals surface area contributed by atoms with Crippen LogP contribution < -0.4 is 4.72 Å². The largest absolute Gasteiger partial charge is 0.457 e. The molecule has 148 valence electrons. The van der Waals surface area contributed by atoms with Gasteiger partial charge in [-0.15, -0.1) is 11.3 Å². The molecular formula is C17H23N3O5S2. The molecule has 0 radical (unpaired) electrons. The van der Waals surface area contributed by atoms with E-state index in [1.165, 1.54) is 11.3 Å². The number of hydrogen-bond acceptors (Lipinski definition) is 7. The predicted octanol–water partition coefficient (Wildman–Crippen LogP) is 1.16. The Labute approximate surface area is 162 Å². The van der Waals surface area contributed by atoms with Crippen molar-refractivity contribution >= 4 is 33.1 Å². The summed E-state index contributed by atoms with van der Waals surface area (Å²) in [5.41, 5.74) is 2.47. The molecule has 0 aliphatic heterocycles. The van der Waals surface area contributed by atoms with Crippen LogP contribution in [0.15, 0.2) is 12.1 Å². The van der Waals surface area contributed by atoms with Crippen molar-refractivity contribution in [1.29, 1.82) is 0 Å². The van der Waals surface area contributed by atoms with Crippen LogP contribution in [0.5, 0.6) is 0 Å². The molecule has 0 unspecified atom stereocenters. The van der Waals surface area contributed by atoms with Gasteiger partial charge in [0.15, 0.2) is 6.61 Å². The monoisotopic (exact) mass is 413 g/mol. The second kappa shape index (κ2) is 8.77. The molecule has 0 aromatic carbocycles. The van der Waals surface area contributed by atoms with E-state index in [1.807, 2.05) is 13.8 Å². The number of sulfonamides is 1. The van der Waals surface area contributed by atoms with Gasteiger partial charge in [-0.3, -0.25) is 14.3 Å². The average Bonchev–Trinajstić information content (AvgIpc) is 3.12. The van der Waals surface area contributed by atoms with E-state index in [0.717, 1.165) is 28.1 Å². The minimum Gasteiger partial charge on any atom is -0.457 e. The number of aromatic nitrogens is 2. The number of carbonyl (C=O) groups excluding carboxylic acids is 2. The second-order valence-corrected chi connectivity index (χ2v) is 9.22. The summed E-state index contributed by atoms with van der Waals surface area (Å²) in [6.45, 7) is 3.65. The van der Waals surface area contributed by atoms with E-state index in [2.05, 4.69) is 9.82 Å². The highest BCUT2D eigenvalue weighted by molar-refractivity contribution is 7.88. The van der Waals surface area contributed by atoms with E-state index < -0.39 is 16.0 Å². The Bertz CT molecular complexity index is 944. The summed E-state index contributed by atoms with van der Waals surface area (Å²) in [6, 6.07) is 3.43. The van der Waals surface area contributed by atoms with Crippen molar-refractivity contribution in [3.05, 3.63) is 38.8 Å². The molecule has 0 spiro atoms. The van der Waals surface area contributed by atoms with Crippen molar-refractivity contribution in [3.63, 3.8) is 0 Å². The molecule has 27 heavy (non-hydrogen) atoms. The van der Waals surface area contributed by atoms with Gasteiger partial charge < -0.3 is 4.74 Å². The van der Waals surface area contributed by atoms with Crippen molar-refractivity contribution in [2.45, 2.75) is 26.7 Å². The Morgan fingerprint density at radius 2 is 2.00 bits per heavy atom. The number of rotatable bonds is 9. The third kappa shape index (κ3) is 6.26. The van der Waals surface area contributed by atoms with Gasteiger partial charge in [0.25, 0.3) is 0 Å². The van der Waals surface area contributed by atoms with Gasteiger partial charge in [0.2, 0.25) is 15.8 Å². The molecule has 0 saturated heterocycles. The van der Waals surface area contributed by atoms with Gasteiger partial charge in [0.05, 0.1) is 23.2 Å². The number of carbonyl (C=O) groups is 2. The van der Waals surface area contributed by atoms with E-state index in [-0.39, 0.29) is 25.4 Å². The fourth-order valence-electron chi connectivity index (χ4n) is 2.51. The molecule has 2 rings (SSSR count). The zero-order chi connectivity index (χ0) is 20.2. The number of hydrogen-bond donors (Lipinski definition) is 1. The van der Waals surface area contributed by atoms with Crippen LogP contribution in [0.2, 0.25) is 0 Å². The highest BCUT2D eigenvalue weighted by atomic mass is 32.2. The Hall–Kier alpha value is -2.04. The SMILES string of the molecule is Cc1nn(C)c(C)c1CC(=O)OCC(=O)c1ccc(CCNS(C)(=O)=O)s1. The maximum Gasteiger partial charge on any atom is 0.310 e. The van der Waals surface area contributed by atoms with E-state index in [9.17, 15) is 18.0 Å². The summed E-state index contributed by atoms with van der Waals surface area (Å²) in [7, 11) is -1.42. The van der Waals surface area contributed by atoms with E-state index >= 15 is 0 Å². The van der Waals surface area contributed by atoms with Gasteiger partial charge in [0.1, 0.15) is 0 Å². The first kappa shape index (κ1) is 21.3. The van der Waals surface area contributed by atoms with Crippen molar-refractivity contribution < 1.29 is 22.7 Å². The Morgan fingerprint density at radius 1 is 1.30 bits per heavy atom. The molecule has 1 N–H and O–H groups in total. The molecule has 2 heterocycles. The first-order chi connectivity index (χ1) is 12.6. The van der Waals surface area contributed by atoms with Gasteiger partial charge in [-0.1, -0.05) is 0 Å². The standard InChI is InChI=1S/C17H23N3O5S2/c1-11-14(12(2)20(3)19-11)9-17(22)25-10-15(21)16-6-5-13(26-16)7-8-18-27(4,23)24/h5-6,18H,7-10H2,1-4H3. The van der Waals surface area contributed by atoms with Gasteiger partial charge in [-0.2, -0.15) is 5.10 Å². The molecule has 10 heteroatoms. The summed E-state index contributed by atoms with van der Waals surface area (Å²) in [5, 5.41) is 4.25. The number of nitrogens with zero attached hydrogens (tertiary/aromatic N) is 2. The van der Waals surface area contributed by atoms with Crippen molar-refractivity contribution in [1.82, 2.24) is 14.5 Å². The predicted molar refractivity (Wildman–Crippen MR) is 103 cm³/mol. The van der Waals surface area contributed by atoms with Crippen LogP contribution in [0.3, 0.4) is 0 Å². The molecule has 0 aliphatic carbocycles. The first-order valence-electron chi connectivity index (χ1n) is 8.28. The normalized spacial score (nSPS) is 11.6. The molecule has 2 aromatic heterocycles. The topological polar surface area (TPSA) is 107 Å². The minimum absolute atomic E-state index is 0.0750. The molecule has 8 nitrogen and oxygen atoms in total. The summed E-state index contributed by atoms with van der Waals surface area (Å²) in [5.74, 6) is -0.757. The molecule has 0 amide bonds. The van der Waals surface area contributed by atoms with Crippen molar-refractivity contribution in [2.75, 3.05) is 19.4 Å². The van der Waals surface area contributed by atoms with Crippen LogP contribution in [-0.2, 0) is 39.4 Å². The summed E-state index contributed by atoms with van der Waals surface area (Å²) in [4.78, 5) is 25.6. The average molecular weight is 414 g/mol. The van der Waals surface area contributed by atoms with Crippen LogP contribution >= 0.6 is 11.3 Å². The first-order valence-corrected chi connectivity index (χ1v) is 11.0. The molecule has 0 bridgehead atoms. The van der Waals surface area contributed by atoms with E-state index in [4.69, 9.17) is 4.74 Å². The zero-order valence-corrected chi connectivity index (χ0v) is 17.4. The summed E-state index contributed by atoms with van der Waals surface area (Å²) >= 11 is 1.27. The lowest BCUT2D eigenvalue weighted by Crippen LogP contribution is -2.24. The fraction of sp³-hybridized carbons (Fsp3) is 0.471. The second-order valence-electron chi connectivity index (χ2n) is 6.22. The number of ether oxygens (including phenoxy) is 1. The quantitative estimate of drug-likeness (QED) is 0.488. The Balaban J connectivity index is 1.84. The lowest BCUT2D eigenvalue weighted by Gasteiger charge is -2.04. The number of Topliss-reactive ketones (excluding diaryl/α,β-unsaturated/α-hetero) is 1. The van der Waals surface area contributed by atoms with E-state index in [0.29, 0.717) is 11.3 Å². The van der Waals surface area contributed by atoms with Gasteiger partial charge >= 0.3 is 5.97 Å². The van der Waals surface area contributed by atoms with E-state index in [1.54, 1.807) is 23.9 Å². The van der Waals surface area contributed by atoms with Crippen LogP contribution in [0, 0.1) is 13.8 Å². The summed E-state index contributed by atoms with van der Waals surface area (Å²) in [6.07, 6.45) is 1.66. The lowest BCUT2D eigenvalue weighted by molar-refractivity contribution is -0.141. The Morgan fingerprint density at radius 3 is 2.59 bits per heavy atom. The van der Waals surface area contributed by atoms with Crippen LogP contribution in [0.25, 0.3) is 0 Å². The van der Waals surface area contributed by atoms with Gasteiger partial charge in [-0.05, 0) is 32.4 Å². The van der Waals surface area contributed by atoms with Crippen LogP contribution in [0.1, 0.15) is 31.5 Å². The molecular weight excluding hydrogens is 390 g/mol. The molecule has 0 saturated carbocycles. The van der Waals surface area contributed by atoms with Gasteiger partial charge in [0, 0.05) is 29.7 Å². The zero-order valence-electron chi connectivity index (χ0n) is 15.7.